The largest absolute Gasteiger partial charge is 0.496 e. The molecule has 1 atom stereocenters. The van der Waals surface area contributed by atoms with Crippen LogP contribution in [0.5, 0.6) is 5.75 Å². The summed E-state index contributed by atoms with van der Waals surface area (Å²) >= 11 is 0. The van der Waals surface area contributed by atoms with Gasteiger partial charge in [0.15, 0.2) is 6.29 Å². The van der Waals surface area contributed by atoms with E-state index in [1.54, 1.807) is 7.11 Å². The second-order valence-corrected chi connectivity index (χ2v) is 4.92. The summed E-state index contributed by atoms with van der Waals surface area (Å²) in [6, 6.07) is 0.0449. The molecule has 1 unspecified atom stereocenters. The minimum atomic E-state index is -0.279. The molecule has 5 nitrogen and oxygen atoms in total. The van der Waals surface area contributed by atoms with Crippen LogP contribution in [-0.2, 0) is 15.9 Å². The predicted molar refractivity (Wildman–Crippen MR) is 83.9 cm³/mol. The molecule has 120 valence electrons. The van der Waals surface area contributed by atoms with Crippen LogP contribution in [0.15, 0.2) is 6.20 Å². The molecule has 0 fully saturated rings. The van der Waals surface area contributed by atoms with Gasteiger partial charge in [-0.25, -0.2) is 0 Å². The highest BCUT2D eigenvalue weighted by molar-refractivity contribution is 5.41. The van der Waals surface area contributed by atoms with Gasteiger partial charge in [0.1, 0.15) is 5.75 Å². The molecular formula is C16H28N2O3. The van der Waals surface area contributed by atoms with E-state index >= 15 is 0 Å². The number of aromatic nitrogens is 1. The van der Waals surface area contributed by atoms with Gasteiger partial charge >= 0.3 is 0 Å². The van der Waals surface area contributed by atoms with Gasteiger partial charge in [0.05, 0.1) is 13.2 Å². The Labute approximate surface area is 128 Å². The quantitative estimate of drug-likeness (QED) is 0.708. The maximum absolute atomic E-state index is 5.68. The van der Waals surface area contributed by atoms with Gasteiger partial charge < -0.3 is 19.5 Å². The summed E-state index contributed by atoms with van der Waals surface area (Å²) in [5.41, 5.74) is 3.12. The topological polar surface area (TPSA) is 52.6 Å². The number of nitrogens with zero attached hydrogens (tertiary/aromatic N) is 1. The molecule has 0 amide bonds. The number of nitrogens with one attached hydrogen (secondary N) is 1. The maximum atomic E-state index is 5.68. The smallest absolute Gasteiger partial charge is 0.173 e. The van der Waals surface area contributed by atoms with Crippen LogP contribution in [0.1, 0.15) is 30.7 Å². The van der Waals surface area contributed by atoms with Gasteiger partial charge in [0.2, 0.25) is 0 Å². The summed E-state index contributed by atoms with van der Waals surface area (Å²) < 4.78 is 16.8. The van der Waals surface area contributed by atoms with Crippen LogP contribution < -0.4 is 10.1 Å². The molecule has 1 N–H and O–H groups in total. The number of pyridine rings is 1. The Hall–Kier alpha value is -1.17. The first kappa shape index (κ1) is 17.9. The van der Waals surface area contributed by atoms with E-state index < -0.39 is 0 Å². The molecule has 1 rings (SSSR count). The van der Waals surface area contributed by atoms with E-state index in [0.717, 1.165) is 29.0 Å². The lowest BCUT2D eigenvalue weighted by atomic mass is 10.0. The van der Waals surface area contributed by atoms with Crippen LogP contribution in [0.3, 0.4) is 0 Å². The highest BCUT2D eigenvalue weighted by atomic mass is 16.7. The summed E-state index contributed by atoms with van der Waals surface area (Å²) in [5, 5.41) is 3.27. The van der Waals surface area contributed by atoms with Gasteiger partial charge in [-0.15, -0.1) is 0 Å². The molecule has 0 spiro atoms. The highest BCUT2D eigenvalue weighted by Crippen LogP contribution is 2.25. The third-order valence-corrected chi connectivity index (χ3v) is 3.52. The monoisotopic (exact) mass is 296 g/mol. The van der Waals surface area contributed by atoms with Gasteiger partial charge in [-0.2, -0.15) is 0 Å². The maximum Gasteiger partial charge on any atom is 0.173 e. The number of ether oxygens (including phenoxy) is 3. The predicted octanol–water partition coefficient (Wildman–Crippen LogP) is 2.24. The van der Waals surface area contributed by atoms with Crippen molar-refractivity contribution < 1.29 is 14.2 Å². The van der Waals surface area contributed by atoms with E-state index in [-0.39, 0.29) is 12.3 Å². The summed E-state index contributed by atoms with van der Waals surface area (Å²) in [6.45, 7) is 9.21. The minimum absolute atomic E-state index is 0.0449. The van der Waals surface area contributed by atoms with Crippen molar-refractivity contribution in [2.45, 2.75) is 46.4 Å². The molecule has 0 saturated carbocycles. The summed E-state index contributed by atoms with van der Waals surface area (Å²) in [6.07, 6.45) is 2.30. The first-order valence-corrected chi connectivity index (χ1v) is 7.48. The molecule has 0 aliphatic rings. The zero-order valence-electron chi connectivity index (χ0n) is 14.0. The molecule has 0 aliphatic heterocycles. The average Bonchev–Trinajstić information content (AvgIpc) is 2.47. The molecule has 1 aromatic heterocycles. The Balaban J connectivity index is 2.95. The minimum Gasteiger partial charge on any atom is -0.496 e. The molecule has 0 aliphatic carbocycles. The Morgan fingerprint density at radius 3 is 2.29 bits per heavy atom. The molecule has 0 aromatic carbocycles. The lowest BCUT2D eigenvalue weighted by molar-refractivity contribution is -0.152. The van der Waals surface area contributed by atoms with Crippen LogP contribution in [-0.4, -0.2) is 44.7 Å². The molecule has 0 bridgehead atoms. The normalized spacial score (nSPS) is 12.7. The lowest BCUT2D eigenvalue weighted by Gasteiger charge is -2.27. The van der Waals surface area contributed by atoms with Gasteiger partial charge in [0.25, 0.3) is 0 Å². The third kappa shape index (κ3) is 4.66. The fourth-order valence-electron chi connectivity index (χ4n) is 2.43. The van der Waals surface area contributed by atoms with Gasteiger partial charge in [-0.05, 0) is 34.7 Å². The molecule has 0 saturated heterocycles. The summed E-state index contributed by atoms with van der Waals surface area (Å²) in [7, 11) is 3.61. The van der Waals surface area contributed by atoms with E-state index in [4.69, 9.17) is 14.2 Å². The summed E-state index contributed by atoms with van der Waals surface area (Å²) in [4.78, 5) is 4.55. The Morgan fingerprint density at radius 2 is 1.81 bits per heavy atom. The van der Waals surface area contributed by atoms with E-state index in [1.807, 2.05) is 40.9 Å². The standard InChI is InChI=1S/C16H28N2O3/c1-7-20-16(21-8-2)14(17-5)9-13-12(4)15(19-6)11(3)10-18-13/h10,14,16-17H,7-9H2,1-6H3. The van der Waals surface area contributed by atoms with E-state index in [2.05, 4.69) is 10.3 Å². The molecule has 1 heterocycles. The van der Waals surface area contributed by atoms with Crippen LogP contribution in [0.25, 0.3) is 0 Å². The van der Waals surface area contributed by atoms with Crippen molar-refractivity contribution in [3.63, 3.8) is 0 Å². The number of hydrogen-bond acceptors (Lipinski definition) is 5. The zero-order chi connectivity index (χ0) is 15.8. The highest BCUT2D eigenvalue weighted by Gasteiger charge is 2.23. The molecular weight excluding hydrogens is 268 g/mol. The van der Waals surface area contributed by atoms with E-state index in [9.17, 15) is 0 Å². The fraction of sp³-hybridized carbons (Fsp3) is 0.688. The second-order valence-electron chi connectivity index (χ2n) is 4.92. The number of hydrogen-bond donors (Lipinski definition) is 1. The number of likely N-dealkylation sites (N-methyl/N-ethyl adjacent to an activating group) is 1. The lowest BCUT2D eigenvalue weighted by Crippen LogP contribution is -2.43. The third-order valence-electron chi connectivity index (χ3n) is 3.52. The van der Waals surface area contributed by atoms with Crippen molar-refractivity contribution in [3.8, 4) is 5.75 Å². The van der Waals surface area contributed by atoms with Crippen molar-refractivity contribution in [2.24, 2.45) is 0 Å². The van der Waals surface area contributed by atoms with Crippen molar-refractivity contribution in [2.75, 3.05) is 27.4 Å². The zero-order valence-corrected chi connectivity index (χ0v) is 14.0. The average molecular weight is 296 g/mol. The van der Waals surface area contributed by atoms with E-state index in [1.165, 1.54) is 0 Å². The van der Waals surface area contributed by atoms with Gasteiger partial charge in [-0.1, -0.05) is 0 Å². The number of methoxy groups -OCH3 is 1. The Bertz CT molecular complexity index is 432. The fourth-order valence-corrected chi connectivity index (χ4v) is 2.43. The molecule has 0 radical (unpaired) electrons. The first-order chi connectivity index (χ1) is 10.1. The van der Waals surface area contributed by atoms with Crippen LogP contribution >= 0.6 is 0 Å². The van der Waals surface area contributed by atoms with Crippen molar-refractivity contribution in [1.82, 2.24) is 10.3 Å². The van der Waals surface area contributed by atoms with Gasteiger partial charge in [-0.3, -0.25) is 4.98 Å². The van der Waals surface area contributed by atoms with Crippen molar-refractivity contribution in [1.29, 1.82) is 0 Å². The Morgan fingerprint density at radius 1 is 1.19 bits per heavy atom. The number of aryl methyl sites for hydroxylation is 1. The second kappa shape index (κ2) is 8.97. The molecule has 21 heavy (non-hydrogen) atoms. The first-order valence-electron chi connectivity index (χ1n) is 7.48. The molecule has 5 heteroatoms. The number of rotatable bonds is 9. The van der Waals surface area contributed by atoms with Gasteiger partial charge in [0, 0.05) is 42.7 Å². The Kier molecular flexibility index (Phi) is 7.64. The van der Waals surface area contributed by atoms with Crippen LogP contribution in [0, 0.1) is 13.8 Å². The van der Waals surface area contributed by atoms with E-state index in [0.29, 0.717) is 13.2 Å². The van der Waals surface area contributed by atoms with Crippen LogP contribution in [0.2, 0.25) is 0 Å². The van der Waals surface area contributed by atoms with Crippen molar-refractivity contribution >= 4 is 0 Å². The van der Waals surface area contributed by atoms with Crippen molar-refractivity contribution in [3.05, 3.63) is 23.0 Å². The molecule has 1 aromatic rings. The SMILES string of the molecule is CCOC(OCC)C(Cc1ncc(C)c(OC)c1C)NC. The van der Waals surface area contributed by atoms with Crippen LogP contribution in [0.4, 0.5) is 0 Å². The summed E-state index contributed by atoms with van der Waals surface area (Å²) in [5.74, 6) is 0.902.